The van der Waals surface area contributed by atoms with Crippen molar-refractivity contribution >= 4 is 5.69 Å². The zero-order valence-corrected chi connectivity index (χ0v) is 12.9. The lowest BCUT2D eigenvalue weighted by molar-refractivity contribution is -0.138. The largest absolute Gasteiger partial charge is 0.475 e. The van der Waals surface area contributed by atoms with E-state index in [0.29, 0.717) is 19.0 Å². The molecule has 1 aromatic heterocycles. The lowest BCUT2D eigenvalue weighted by Crippen LogP contribution is -2.40. The van der Waals surface area contributed by atoms with Crippen molar-refractivity contribution in [1.29, 1.82) is 0 Å². The molecule has 2 rings (SSSR count). The van der Waals surface area contributed by atoms with Gasteiger partial charge in [-0.05, 0) is 18.9 Å². The highest BCUT2D eigenvalue weighted by molar-refractivity contribution is 5.43. The molecule has 0 unspecified atom stereocenters. The molecule has 1 aliphatic rings. The van der Waals surface area contributed by atoms with Crippen LogP contribution in [0.2, 0.25) is 0 Å². The first-order valence-corrected chi connectivity index (χ1v) is 7.71. The molecular weight excluding hydrogens is 311 g/mol. The molecule has 0 amide bonds. The minimum absolute atomic E-state index is 0.0609. The third-order valence-corrected chi connectivity index (χ3v) is 3.75. The zero-order valence-electron chi connectivity index (χ0n) is 12.9. The highest BCUT2D eigenvalue weighted by atomic mass is 19.4. The Labute approximate surface area is 133 Å². The van der Waals surface area contributed by atoms with E-state index < -0.39 is 12.6 Å². The Kier molecular flexibility index (Phi) is 6.47. The molecule has 1 saturated heterocycles. The van der Waals surface area contributed by atoms with E-state index in [1.807, 2.05) is 11.0 Å². The van der Waals surface area contributed by atoms with Gasteiger partial charge in [0.25, 0.3) is 0 Å². The lowest BCUT2D eigenvalue weighted by atomic mass is 10.0. The molecule has 1 aromatic rings. The Morgan fingerprint density at radius 1 is 1.30 bits per heavy atom. The minimum Gasteiger partial charge on any atom is -0.475 e. The summed E-state index contributed by atoms with van der Waals surface area (Å²) in [5, 5.41) is 12.0. The maximum absolute atomic E-state index is 12.2. The lowest BCUT2D eigenvalue weighted by Gasteiger charge is -2.32. The summed E-state index contributed by atoms with van der Waals surface area (Å²) in [6.07, 6.45) is -1.56. The number of hydrogen-bond acceptors (Lipinski definition) is 5. The van der Waals surface area contributed by atoms with Gasteiger partial charge in [-0.25, -0.2) is 4.98 Å². The molecule has 23 heavy (non-hydrogen) atoms. The Morgan fingerprint density at radius 3 is 2.61 bits per heavy atom. The van der Waals surface area contributed by atoms with E-state index in [1.165, 1.54) is 0 Å². The zero-order chi connectivity index (χ0) is 16.7. The number of nitrogens with one attached hydrogen (secondary N) is 1. The summed E-state index contributed by atoms with van der Waals surface area (Å²) < 4.78 is 41.8. The summed E-state index contributed by atoms with van der Waals surface area (Å²) in [5.74, 6) is 0.451. The van der Waals surface area contributed by atoms with E-state index in [1.54, 1.807) is 12.3 Å². The number of piperidine rings is 1. The SMILES string of the molecule is OCCOc1ccc(NC2CCN(CCC(F)(F)F)CC2)cn1. The summed E-state index contributed by atoms with van der Waals surface area (Å²) in [5.41, 5.74) is 0.857. The van der Waals surface area contributed by atoms with E-state index in [4.69, 9.17) is 9.84 Å². The molecule has 2 heterocycles. The molecule has 2 N–H and O–H groups in total. The van der Waals surface area contributed by atoms with Crippen LogP contribution in [0.1, 0.15) is 19.3 Å². The number of ether oxygens (including phenoxy) is 1. The van der Waals surface area contributed by atoms with Crippen molar-refractivity contribution in [3.8, 4) is 5.88 Å². The maximum Gasteiger partial charge on any atom is 0.390 e. The van der Waals surface area contributed by atoms with Gasteiger partial charge in [0.05, 0.1) is 24.9 Å². The summed E-state index contributed by atoms with van der Waals surface area (Å²) >= 11 is 0. The number of likely N-dealkylation sites (tertiary alicyclic amines) is 1. The van der Waals surface area contributed by atoms with Gasteiger partial charge >= 0.3 is 6.18 Å². The van der Waals surface area contributed by atoms with Crippen LogP contribution in [-0.2, 0) is 0 Å². The fourth-order valence-electron chi connectivity index (χ4n) is 2.52. The normalized spacial score (nSPS) is 17.2. The fraction of sp³-hybridized carbons (Fsp3) is 0.667. The first kappa shape index (κ1) is 17.8. The highest BCUT2D eigenvalue weighted by Gasteiger charge is 2.29. The molecular formula is C15H22F3N3O2. The number of nitrogens with zero attached hydrogens (tertiary/aromatic N) is 2. The van der Waals surface area contributed by atoms with E-state index in [9.17, 15) is 13.2 Å². The Morgan fingerprint density at radius 2 is 2.04 bits per heavy atom. The van der Waals surface area contributed by atoms with Gasteiger partial charge in [-0.15, -0.1) is 0 Å². The Hall–Kier alpha value is -1.54. The number of hydrogen-bond donors (Lipinski definition) is 2. The third kappa shape index (κ3) is 6.62. The smallest absolute Gasteiger partial charge is 0.390 e. The van der Waals surface area contributed by atoms with Crippen LogP contribution >= 0.6 is 0 Å². The second-order valence-corrected chi connectivity index (χ2v) is 5.58. The van der Waals surface area contributed by atoms with Crippen LogP contribution < -0.4 is 10.1 Å². The quantitative estimate of drug-likeness (QED) is 0.802. The van der Waals surface area contributed by atoms with Gasteiger partial charge in [0.2, 0.25) is 5.88 Å². The van der Waals surface area contributed by atoms with Crippen LogP contribution in [0.15, 0.2) is 18.3 Å². The van der Waals surface area contributed by atoms with Crippen LogP contribution in [0.5, 0.6) is 5.88 Å². The van der Waals surface area contributed by atoms with Gasteiger partial charge < -0.3 is 20.1 Å². The number of anilines is 1. The van der Waals surface area contributed by atoms with Crippen molar-refractivity contribution in [2.45, 2.75) is 31.5 Å². The molecule has 130 valence electrons. The number of aliphatic hydroxyl groups excluding tert-OH is 1. The van der Waals surface area contributed by atoms with Gasteiger partial charge in [0.15, 0.2) is 0 Å². The topological polar surface area (TPSA) is 57.6 Å². The molecule has 5 nitrogen and oxygen atoms in total. The highest BCUT2D eigenvalue weighted by Crippen LogP contribution is 2.22. The van der Waals surface area contributed by atoms with E-state index in [0.717, 1.165) is 18.5 Å². The average molecular weight is 333 g/mol. The van der Waals surface area contributed by atoms with Crippen LogP contribution in [0.3, 0.4) is 0 Å². The first-order valence-electron chi connectivity index (χ1n) is 7.71. The van der Waals surface area contributed by atoms with E-state index in [2.05, 4.69) is 10.3 Å². The molecule has 0 atom stereocenters. The second kappa shape index (κ2) is 8.35. The molecule has 0 spiro atoms. The number of rotatable bonds is 7. The van der Waals surface area contributed by atoms with Gasteiger partial charge in [0, 0.05) is 31.7 Å². The number of alkyl halides is 3. The predicted octanol–water partition coefficient (Wildman–Crippen LogP) is 2.28. The summed E-state index contributed by atoms with van der Waals surface area (Å²) in [6, 6.07) is 3.80. The molecule has 8 heteroatoms. The molecule has 0 saturated carbocycles. The Balaban J connectivity index is 1.71. The molecule has 0 bridgehead atoms. The predicted molar refractivity (Wildman–Crippen MR) is 80.6 cm³/mol. The van der Waals surface area contributed by atoms with Crippen LogP contribution in [0, 0.1) is 0 Å². The monoisotopic (exact) mass is 333 g/mol. The Bertz CT molecular complexity index is 460. The van der Waals surface area contributed by atoms with Crippen molar-refractivity contribution in [2.75, 3.05) is 38.2 Å². The number of halogens is 3. The molecule has 1 fully saturated rings. The molecule has 0 aliphatic carbocycles. The molecule has 1 aliphatic heterocycles. The summed E-state index contributed by atoms with van der Waals surface area (Å²) in [4.78, 5) is 5.98. The maximum atomic E-state index is 12.2. The van der Waals surface area contributed by atoms with Gasteiger partial charge in [0.1, 0.15) is 6.61 Å². The van der Waals surface area contributed by atoms with Crippen LogP contribution in [-0.4, -0.2) is 60.1 Å². The van der Waals surface area contributed by atoms with Gasteiger partial charge in [-0.1, -0.05) is 0 Å². The second-order valence-electron chi connectivity index (χ2n) is 5.58. The first-order chi connectivity index (χ1) is 11.0. The number of pyridine rings is 1. The van der Waals surface area contributed by atoms with E-state index >= 15 is 0 Å². The van der Waals surface area contributed by atoms with Crippen molar-refractivity contribution in [2.24, 2.45) is 0 Å². The fourth-order valence-corrected chi connectivity index (χ4v) is 2.52. The van der Waals surface area contributed by atoms with E-state index in [-0.39, 0.29) is 25.8 Å². The van der Waals surface area contributed by atoms with Crippen LogP contribution in [0.25, 0.3) is 0 Å². The molecule has 0 radical (unpaired) electrons. The van der Waals surface area contributed by atoms with Crippen molar-refractivity contribution < 1.29 is 23.0 Å². The van der Waals surface area contributed by atoms with Crippen molar-refractivity contribution in [1.82, 2.24) is 9.88 Å². The number of aromatic nitrogens is 1. The average Bonchev–Trinajstić information content (AvgIpc) is 2.53. The number of aliphatic hydroxyl groups is 1. The van der Waals surface area contributed by atoms with Crippen LogP contribution in [0.4, 0.5) is 18.9 Å². The summed E-state index contributed by atoms with van der Waals surface area (Å²) in [6.45, 7) is 1.55. The van der Waals surface area contributed by atoms with Gasteiger partial charge in [-0.3, -0.25) is 0 Å². The third-order valence-electron chi connectivity index (χ3n) is 3.75. The minimum atomic E-state index is -4.08. The summed E-state index contributed by atoms with van der Waals surface area (Å²) in [7, 11) is 0. The molecule has 0 aromatic carbocycles. The van der Waals surface area contributed by atoms with Gasteiger partial charge in [-0.2, -0.15) is 13.2 Å². The van der Waals surface area contributed by atoms with Crippen molar-refractivity contribution in [3.05, 3.63) is 18.3 Å². The standard InChI is InChI=1S/C15H22F3N3O2/c16-15(17,18)5-8-21-6-3-12(4-7-21)20-13-1-2-14(19-11-13)23-10-9-22/h1-2,11-12,20,22H,3-10H2. The van der Waals surface area contributed by atoms with Crippen molar-refractivity contribution in [3.63, 3.8) is 0 Å².